The van der Waals surface area contributed by atoms with Gasteiger partial charge in [-0.1, -0.05) is 29.8 Å². The topological polar surface area (TPSA) is 41.6 Å². The summed E-state index contributed by atoms with van der Waals surface area (Å²) in [7, 11) is 5.23. The molecule has 1 aromatic carbocycles. The van der Waals surface area contributed by atoms with E-state index in [9.17, 15) is 4.79 Å². The zero-order chi connectivity index (χ0) is 16.0. The average molecular weight is 357 g/mol. The molecule has 21 heavy (non-hydrogen) atoms. The lowest BCUT2D eigenvalue weighted by atomic mass is 10.0. The Kier molecular flexibility index (Phi) is 7.18. The Labute approximate surface area is 136 Å². The highest BCUT2D eigenvalue weighted by Crippen LogP contribution is 2.23. The van der Waals surface area contributed by atoms with Gasteiger partial charge in [0.05, 0.1) is 13.2 Å². The summed E-state index contributed by atoms with van der Waals surface area (Å²) in [4.78, 5) is 13.9. The van der Waals surface area contributed by atoms with Gasteiger partial charge in [0.1, 0.15) is 5.75 Å². The van der Waals surface area contributed by atoms with Gasteiger partial charge in [-0.3, -0.25) is 4.79 Å². The molecule has 0 saturated carbocycles. The average Bonchev–Trinajstić information content (AvgIpc) is 2.42. The van der Waals surface area contributed by atoms with E-state index in [1.165, 1.54) is 0 Å². The Morgan fingerprint density at radius 1 is 1.38 bits per heavy atom. The number of nitrogens with one attached hydrogen (secondary N) is 1. The van der Waals surface area contributed by atoms with Crippen LogP contribution in [0, 0.1) is 5.92 Å². The predicted molar refractivity (Wildman–Crippen MR) is 89.5 cm³/mol. The van der Waals surface area contributed by atoms with Gasteiger partial charge >= 0.3 is 0 Å². The van der Waals surface area contributed by atoms with E-state index < -0.39 is 0 Å². The number of benzene rings is 1. The SMILES string of the molecule is COc1ccc(Br)cc1CNC(CC(C)C)C(=O)N(C)C. The molecule has 0 spiro atoms. The van der Waals surface area contributed by atoms with Gasteiger partial charge in [0.25, 0.3) is 0 Å². The van der Waals surface area contributed by atoms with Gasteiger partial charge in [-0.15, -0.1) is 0 Å². The Balaban J connectivity index is 2.81. The fourth-order valence-electron chi connectivity index (χ4n) is 2.17. The maximum absolute atomic E-state index is 12.2. The van der Waals surface area contributed by atoms with E-state index in [0.29, 0.717) is 12.5 Å². The first-order valence-corrected chi connectivity index (χ1v) is 7.91. The number of ether oxygens (including phenoxy) is 1. The molecule has 1 unspecified atom stereocenters. The van der Waals surface area contributed by atoms with Crippen molar-refractivity contribution in [2.24, 2.45) is 5.92 Å². The Morgan fingerprint density at radius 3 is 2.57 bits per heavy atom. The zero-order valence-electron chi connectivity index (χ0n) is 13.4. The van der Waals surface area contributed by atoms with Crippen molar-refractivity contribution in [3.63, 3.8) is 0 Å². The maximum Gasteiger partial charge on any atom is 0.239 e. The molecule has 1 atom stereocenters. The molecule has 0 aromatic heterocycles. The molecule has 0 aliphatic rings. The number of carbonyl (C=O) groups is 1. The summed E-state index contributed by atoms with van der Waals surface area (Å²) in [6.45, 7) is 4.84. The van der Waals surface area contributed by atoms with Gasteiger partial charge in [0.2, 0.25) is 5.91 Å². The highest BCUT2D eigenvalue weighted by molar-refractivity contribution is 9.10. The molecule has 1 N–H and O–H groups in total. The van der Waals surface area contributed by atoms with Gasteiger partial charge in [-0.2, -0.15) is 0 Å². The van der Waals surface area contributed by atoms with Crippen molar-refractivity contribution in [3.05, 3.63) is 28.2 Å². The summed E-state index contributed by atoms with van der Waals surface area (Å²) >= 11 is 3.47. The second-order valence-corrected chi connectivity index (χ2v) is 6.67. The number of nitrogens with zero attached hydrogens (tertiary/aromatic N) is 1. The number of methoxy groups -OCH3 is 1. The van der Waals surface area contributed by atoms with Crippen LogP contribution in [0.15, 0.2) is 22.7 Å². The molecule has 1 rings (SSSR count). The molecule has 0 heterocycles. The minimum absolute atomic E-state index is 0.109. The Hall–Kier alpha value is -1.07. The summed E-state index contributed by atoms with van der Waals surface area (Å²) in [6, 6.07) is 5.70. The summed E-state index contributed by atoms with van der Waals surface area (Å²) in [5, 5.41) is 3.36. The first-order valence-electron chi connectivity index (χ1n) is 7.12. The Morgan fingerprint density at radius 2 is 2.05 bits per heavy atom. The number of halogens is 1. The van der Waals surface area contributed by atoms with Crippen molar-refractivity contribution in [2.75, 3.05) is 21.2 Å². The van der Waals surface area contributed by atoms with E-state index in [1.807, 2.05) is 18.2 Å². The summed E-state index contributed by atoms with van der Waals surface area (Å²) in [6.07, 6.45) is 0.813. The van der Waals surface area contributed by atoms with Crippen LogP contribution in [0.2, 0.25) is 0 Å². The third-order valence-electron chi connectivity index (χ3n) is 3.23. The van der Waals surface area contributed by atoms with Crippen LogP contribution in [-0.2, 0) is 11.3 Å². The molecule has 4 nitrogen and oxygen atoms in total. The minimum atomic E-state index is -0.177. The van der Waals surface area contributed by atoms with Crippen LogP contribution in [0.4, 0.5) is 0 Å². The normalized spacial score (nSPS) is 12.3. The van der Waals surface area contributed by atoms with Gasteiger partial charge in [0.15, 0.2) is 0 Å². The lowest BCUT2D eigenvalue weighted by Crippen LogP contribution is -2.44. The number of rotatable bonds is 7. The minimum Gasteiger partial charge on any atom is -0.496 e. The molecule has 0 aliphatic carbocycles. The number of likely N-dealkylation sites (N-methyl/N-ethyl adjacent to an activating group) is 1. The first-order chi connectivity index (χ1) is 9.85. The van der Waals surface area contributed by atoms with Crippen LogP contribution in [0.25, 0.3) is 0 Å². The molecule has 0 aliphatic heterocycles. The van der Waals surface area contributed by atoms with E-state index >= 15 is 0 Å². The summed E-state index contributed by atoms with van der Waals surface area (Å²) in [5.41, 5.74) is 1.03. The molecule has 118 valence electrons. The third-order valence-corrected chi connectivity index (χ3v) is 3.72. The van der Waals surface area contributed by atoms with Crippen molar-refractivity contribution in [1.29, 1.82) is 0 Å². The van der Waals surface area contributed by atoms with Gasteiger partial charge < -0.3 is 15.0 Å². The number of hydrogen-bond donors (Lipinski definition) is 1. The number of carbonyl (C=O) groups excluding carboxylic acids is 1. The number of hydrogen-bond acceptors (Lipinski definition) is 3. The van der Waals surface area contributed by atoms with Crippen molar-refractivity contribution in [1.82, 2.24) is 10.2 Å². The summed E-state index contributed by atoms with van der Waals surface area (Å²) in [5.74, 6) is 1.39. The lowest BCUT2D eigenvalue weighted by Gasteiger charge is -2.23. The standard InChI is InChI=1S/C16H25BrN2O2/c1-11(2)8-14(16(20)19(3)4)18-10-12-9-13(17)6-7-15(12)21-5/h6-7,9,11,14,18H,8,10H2,1-5H3. The molecule has 0 radical (unpaired) electrons. The highest BCUT2D eigenvalue weighted by atomic mass is 79.9. The van der Waals surface area contributed by atoms with E-state index in [0.717, 1.165) is 22.2 Å². The zero-order valence-corrected chi connectivity index (χ0v) is 15.0. The summed E-state index contributed by atoms with van der Waals surface area (Å²) < 4.78 is 6.36. The van der Waals surface area contributed by atoms with E-state index in [2.05, 4.69) is 35.1 Å². The molecule has 1 aromatic rings. The molecule has 5 heteroatoms. The quantitative estimate of drug-likeness (QED) is 0.816. The van der Waals surface area contributed by atoms with Gasteiger partial charge in [-0.05, 0) is 30.5 Å². The third kappa shape index (κ3) is 5.67. The van der Waals surface area contributed by atoms with Crippen LogP contribution in [0.5, 0.6) is 5.75 Å². The maximum atomic E-state index is 12.2. The van der Waals surface area contributed by atoms with E-state index in [-0.39, 0.29) is 11.9 Å². The molecule has 0 bridgehead atoms. The molecular formula is C16H25BrN2O2. The molecule has 1 amide bonds. The van der Waals surface area contributed by atoms with Crippen molar-refractivity contribution in [3.8, 4) is 5.75 Å². The monoisotopic (exact) mass is 356 g/mol. The van der Waals surface area contributed by atoms with Gasteiger partial charge in [-0.25, -0.2) is 0 Å². The second kappa shape index (κ2) is 8.39. The fourth-order valence-corrected chi connectivity index (χ4v) is 2.58. The molecular weight excluding hydrogens is 332 g/mol. The lowest BCUT2D eigenvalue weighted by molar-refractivity contribution is -0.131. The highest BCUT2D eigenvalue weighted by Gasteiger charge is 2.21. The van der Waals surface area contributed by atoms with Gasteiger partial charge in [0, 0.05) is 30.7 Å². The Bertz CT molecular complexity index is 475. The largest absolute Gasteiger partial charge is 0.496 e. The van der Waals surface area contributed by atoms with Crippen LogP contribution in [0.1, 0.15) is 25.8 Å². The van der Waals surface area contributed by atoms with E-state index in [1.54, 1.807) is 26.1 Å². The molecule has 0 saturated heterocycles. The smallest absolute Gasteiger partial charge is 0.239 e. The fraction of sp³-hybridized carbons (Fsp3) is 0.562. The van der Waals surface area contributed by atoms with Crippen molar-refractivity contribution >= 4 is 21.8 Å². The van der Waals surface area contributed by atoms with Crippen LogP contribution < -0.4 is 10.1 Å². The van der Waals surface area contributed by atoms with Crippen molar-refractivity contribution in [2.45, 2.75) is 32.9 Å². The van der Waals surface area contributed by atoms with Crippen LogP contribution in [0.3, 0.4) is 0 Å². The van der Waals surface area contributed by atoms with E-state index in [4.69, 9.17) is 4.74 Å². The number of amides is 1. The van der Waals surface area contributed by atoms with Crippen molar-refractivity contribution < 1.29 is 9.53 Å². The molecule has 0 fully saturated rings. The second-order valence-electron chi connectivity index (χ2n) is 5.75. The predicted octanol–water partition coefficient (Wildman–Crippen LogP) is 3.05. The first kappa shape index (κ1) is 18.0. The van der Waals surface area contributed by atoms with Crippen LogP contribution in [-0.4, -0.2) is 38.1 Å². The van der Waals surface area contributed by atoms with Crippen LogP contribution >= 0.6 is 15.9 Å².